The second-order valence-electron chi connectivity index (χ2n) is 8.31. The van der Waals surface area contributed by atoms with Crippen LogP contribution in [-0.2, 0) is 0 Å². The quantitative estimate of drug-likeness (QED) is 0.603. The molecule has 1 aliphatic heterocycles. The summed E-state index contributed by atoms with van der Waals surface area (Å²) in [5, 5.41) is 16.9. The van der Waals surface area contributed by atoms with Crippen LogP contribution in [0, 0.1) is 6.92 Å². The molecule has 0 bridgehead atoms. The van der Waals surface area contributed by atoms with E-state index in [-0.39, 0.29) is 6.10 Å². The molecule has 2 atom stereocenters. The molecule has 0 saturated carbocycles. The zero-order valence-corrected chi connectivity index (χ0v) is 18.3. The number of hydrogen-bond donors (Lipinski definition) is 3. The second-order valence-corrected chi connectivity index (χ2v) is 8.31. The molecule has 1 aliphatic carbocycles. The number of piperidine rings is 1. The SMILES string of the molecule is COc1ccc(Nc2nc(NC3CC=CCCC3)nc(N3CCCC(O)C3)n2)cc1C. The van der Waals surface area contributed by atoms with Crippen LogP contribution in [-0.4, -0.2) is 52.4 Å². The Morgan fingerprint density at radius 2 is 1.97 bits per heavy atom. The van der Waals surface area contributed by atoms with Crippen LogP contribution >= 0.6 is 0 Å². The van der Waals surface area contributed by atoms with Gasteiger partial charge in [0.2, 0.25) is 17.8 Å². The van der Waals surface area contributed by atoms with Crippen molar-refractivity contribution in [1.82, 2.24) is 15.0 Å². The van der Waals surface area contributed by atoms with Gasteiger partial charge in [-0.15, -0.1) is 0 Å². The monoisotopic (exact) mass is 424 g/mol. The molecule has 8 heteroatoms. The minimum absolute atomic E-state index is 0.303. The number of β-amino-alcohol motifs (C(OH)–C–C–N with tert-alkyl or cyclic N) is 1. The van der Waals surface area contributed by atoms with Crippen molar-refractivity contribution in [3.8, 4) is 5.75 Å². The fourth-order valence-electron chi connectivity index (χ4n) is 4.14. The Morgan fingerprint density at radius 3 is 2.77 bits per heavy atom. The Labute approximate surface area is 183 Å². The number of ether oxygens (including phenoxy) is 1. The molecular weight excluding hydrogens is 392 g/mol. The summed E-state index contributed by atoms with van der Waals surface area (Å²) in [5.74, 6) is 2.49. The summed E-state index contributed by atoms with van der Waals surface area (Å²) in [6.45, 7) is 3.37. The molecule has 166 valence electrons. The summed E-state index contributed by atoms with van der Waals surface area (Å²) in [7, 11) is 1.67. The summed E-state index contributed by atoms with van der Waals surface area (Å²) in [5.41, 5.74) is 1.92. The fourth-order valence-corrected chi connectivity index (χ4v) is 4.14. The molecule has 2 aromatic rings. The predicted molar refractivity (Wildman–Crippen MR) is 123 cm³/mol. The van der Waals surface area contributed by atoms with E-state index in [2.05, 4.69) is 32.8 Å². The first-order valence-electron chi connectivity index (χ1n) is 11.1. The lowest BCUT2D eigenvalue weighted by molar-refractivity contribution is 0.153. The van der Waals surface area contributed by atoms with Crippen LogP contribution in [0.15, 0.2) is 30.4 Å². The molecule has 2 unspecified atom stereocenters. The Balaban J connectivity index is 1.60. The van der Waals surface area contributed by atoms with E-state index in [0.29, 0.717) is 30.4 Å². The number of aliphatic hydroxyl groups is 1. The average molecular weight is 425 g/mol. The van der Waals surface area contributed by atoms with Crippen molar-refractivity contribution in [2.45, 2.75) is 57.6 Å². The molecule has 2 aliphatic rings. The second kappa shape index (κ2) is 9.96. The van der Waals surface area contributed by atoms with Crippen molar-refractivity contribution in [3.05, 3.63) is 35.9 Å². The topological polar surface area (TPSA) is 95.4 Å². The van der Waals surface area contributed by atoms with Crippen LogP contribution in [0.4, 0.5) is 23.5 Å². The molecule has 1 aromatic heterocycles. The van der Waals surface area contributed by atoms with Gasteiger partial charge in [0.05, 0.1) is 13.2 Å². The Hall–Kier alpha value is -2.87. The molecule has 0 amide bonds. The first-order valence-corrected chi connectivity index (χ1v) is 11.1. The number of aromatic nitrogens is 3. The number of hydrogen-bond acceptors (Lipinski definition) is 8. The molecule has 0 spiro atoms. The molecule has 1 fully saturated rings. The number of allylic oxidation sites excluding steroid dienone is 1. The van der Waals surface area contributed by atoms with Gasteiger partial charge in [0.25, 0.3) is 0 Å². The third-order valence-electron chi connectivity index (χ3n) is 5.80. The van der Waals surface area contributed by atoms with Crippen LogP contribution in [0.2, 0.25) is 0 Å². The number of methoxy groups -OCH3 is 1. The lowest BCUT2D eigenvalue weighted by Gasteiger charge is -2.30. The van der Waals surface area contributed by atoms with E-state index in [9.17, 15) is 5.11 Å². The molecule has 31 heavy (non-hydrogen) atoms. The van der Waals surface area contributed by atoms with Gasteiger partial charge in [-0.25, -0.2) is 0 Å². The van der Waals surface area contributed by atoms with Gasteiger partial charge in [0.1, 0.15) is 5.75 Å². The molecule has 1 aromatic carbocycles. The summed E-state index contributed by atoms with van der Waals surface area (Å²) in [6.07, 6.45) is 10.2. The molecule has 8 nitrogen and oxygen atoms in total. The lowest BCUT2D eigenvalue weighted by Crippen LogP contribution is -2.39. The van der Waals surface area contributed by atoms with E-state index < -0.39 is 0 Å². The normalized spacial score (nSPS) is 21.5. The highest BCUT2D eigenvalue weighted by Crippen LogP contribution is 2.25. The summed E-state index contributed by atoms with van der Waals surface area (Å²) >= 11 is 0. The van der Waals surface area contributed by atoms with Gasteiger partial charge in [0.15, 0.2) is 0 Å². The van der Waals surface area contributed by atoms with Crippen LogP contribution in [0.3, 0.4) is 0 Å². The van der Waals surface area contributed by atoms with E-state index >= 15 is 0 Å². The van der Waals surface area contributed by atoms with Crippen molar-refractivity contribution in [3.63, 3.8) is 0 Å². The predicted octanol–water partition coefficient (Wildman–Crippen LogP) is 3.80. The van der Waals surface area contributed by atoms with E-state index in [1.165, 1.54) is 0 Å². The Kier molecular flexibility index (Phi) is 6.86. The Bertz CT molecular complexity index is 919. The first-order chi connectivity index (χ1) is 15.1. The van der Waals surface area contributed by atoms with Gasteiger partial charge in [-0.2, -0.15) is 15.0 Å². The zero-order valence-electron chi connectivity index (χ0n) is 18.3. The van der Waals surface area contributed by atoms with Gasteiger partial charge < -0.3 is 25.4 Å². The number of nitrogens with zero attached hydrogens (tertiary/aromatic N) is 4. The number of aliphatic hydroxyl groups excluding tert-OH is 1. The van der Waals surface area contributed by atoms with Crippen LogP contribution in [0.5, 0.6) is 5.75 Å². The number of aryl methyl sites for hydroxylation is 1. The van der Waals surface area contributed by atoms with Crippen molar-refractivity contribution in [1.29, 1.82) is 0 Å². The number of anilines is 4. The van der Waals surface area contributed by atoms with Crippen LogP contribution < -0.4 is 20.3 Å². The highest BCUT2D eigenvalue weighted by Gasteiger charge is 2.22. The van der Waals surface area contributed by atoms with Gasteiger partial charge in [0, 0.05) is 24.8 Å². The molecule has 2 heterocycles. The summed E-state index contributed by atoms with van der Waals surface area (Å²) in [4.78, 5) is 16.1. The van der Waals surface area contributed by atoms with Crippen molar-refractivity contribution in [2.24, 2.45) is 0 Å². The summed E-state index contributed by atoms with van der Waals surface area (Å²) in [6, 6.07) is 6.19. The van der Waals surface area contributed by atoms with E-state index in [1.807, 2.05) is 30.0 Å². The van der Waals surface area contributed by atoms with E-state index in [1.54, 1.807) is 7.11 Å². The smallest absolute Gasteiger partial charge is 0.233 e. The summed E-state index contributed by atoms with van der Waals surface area (Å²) < 4.78 is 5.36. The molecule has 1 saturated heterocycles. The van der Waals surface area contributed by atoms with Crippen LogP contribution in [0.25, 0.3) is 0 Å². The number of benzene rings is 1. The van der Waals surface area contributed by atoms with E-state index in [4.69, 9.17) is 9.72 Å². The third-order valence-corrected chi connectivity index (χ3v) is 5.80. The van der Waals surface area contributed by atoms with Gasteiger partial charge in [-0.1, -0.05) is 12.2 Å². The maximum atomic E-state index is 10.1. The van der Waals surface area contributed by atoms with Crippen LogP contribution in [0.1, 0.15) is 44.1 Å². The van der Waals surface area contributed by atoms with E-state index in [0.717, 1.165) is 62.1 Å². The Morgan fingerprint density at radius 1 is 1.10 bits per heavy atom. The molecule has 0 radical (unpaired) electrons. The first kappa shape index (κ1) is 21.4. The molecule has 4 rings (SSSR count). The van der Waals surface area contributed by atoms with Crippen molar-refractivity contribution in [2.75, 3.05) is 35.7 Å². The minimum atomic E-state index is -0.352. The maximum Gasteiger partial charge on any atom is 0.233 e. The zero-order chi connectivity index (χ0) is 21.6. The molecule has 3 N–H and O–H groups in total. The molecular formula is C23H32N6O2. The standard InChI is InChI=1S/C23H32N6O2/c1-16-14-18(11-12-20(16)31-2)25-22-26-21(24-17-8-5-3-4-6-9-17)27-23(28-22)29-13-7-10-19(30)15-29/h3,5,11-12,14,17,19,30H,4,6-10,13,15H2,1-2H3,(H2,24,25,26,27,28). The third kappa shape index (κ3) is 5.64. The van der Waals surface area contributed by atoms with Gasteiger partial charge in [-0.05, 0) is 69.2 Å². The lowest BCUT2D eigenvalue weighted by atomic mass is 10.1. The number of rotatable bonds is 6. The maximum absolute atomic E-state index is 10.1. The fraction of sp³-hybridized carbons (Fsp3) is 0.522. The van der Waals surface area contributed by atoms with Gasteiger partial charge >= 0.3 is 0 Å². The average Bonchev–Trinajstić information content (AvgIpc) is 3.02. The van der Waals surface area contributed by atoms with Crippen molar-refractivity contribution < 1.29 is 9.84 Å². The minimum Gasteiger partial charge on any atom is -0.496 e. The number of nitrogens with one attached hydrogen (secondary N) is 2. The highest BCUT2D eigenvalue weighted by molar-refractivity contribution is 5.59. The highest BCUT2D eigenvalue weighted by atomic mass is 16.5. The largest absolute Gasteiger partial charge is 0.496 e. The van der Waals surface area contributed by atoms with Crippen molar-refractivity contribution >= 4 is 23.5 Å². The van der Waals surface area contributed by atoms with Gasteiger partial charge in [-0.3, -0.25) is 0 Å².